The summed E-state index contributed by atoms with van der Waals surface area (Å²) in [4.78, 5) is 35.7. The first-order valence-corrected chi connectivity index (χ1v) is 10.3. The van der Waals surface area contributed by atoms with Crippen LogP contribution in [0, 0.1) is 5.41 Å². The standard InChI is InChI=1S/C26H26O7/c1-17(2)23(27)31-15-26(13-30-14-26)16-32-25(29)21-7-5-19(6-8-21)20-9-11-22(12-10-20)33-24(28)18(3)4/h5-12H,1,3,13-16H2,2,4H3. The van der Waals surface area contributed by atoms with Crippen LogP contribution in [0.15, 0.2) is 72.8 Å². The Bertz CT molecular complexity index is 1060. The molecule has 2 aromatic rings. The summed E-state index contributed by atoms with van der Waals surface area (Å²) in [6, 6.07) is 14.0. The van der Waals surface area contributed by atoms with Crippen molar-refractivity contribution in [2.24, 2.45) is 5.41 Å². The van der Waals surface area contributed by atoms with Gasteiger partial charge in [0.2, 0.25) is 0 Å². The highest BCUT2D eigenvalue weighted by molar-refractivity contribution is 5.90. The largest absolute Gasteiger partial charge is 0.461 e. The molecule has 0 aromatic heterocycles. The number of rotatable bonds is 9. The highest BCUT2D eigenvalue weighted by atomic mass is 16.6. The fourth-order valence-corrected chi connectivity index (χ4v) is 2.95. The van der Waals surface area contributed by atoms with Crippen LogP contribution >= 0.6 is 0 Å². The van der Waals surface area contributed by atoms with Crippen LogP contribution in [-0.4, -0.2) is 44.3 Å². The van der Waals surface area contributed by atoms with E-state index in [1.165, 1.54) is 0 Å². The summed E-state index contributed by atoms with van der Waals surface area (Å²) in [5.74, 6) is -1.00. The fraction of sp³-hybridized carbons (Fsp3) is 0.269. The number of carbonyl (C=O) groups is 3. The molecule has 2 aromatic carbocycles. The molecular formula is C26H26O7. The van der Waals surface area contributed by atoms with Crippen molar-refractivity contribution in [1.29, 1.82) is 0 Å². The molecule has 1 saturated heterocycles. The first-order valence-electron chi connectivity index (χ1n) is 10.3. The monoisotopic (exact) mass is 450 g/mol. The van der Waals surface area contributed by atoms with Gasteiger partial charge in [0.15, 0.2) is 0 Å². The van der Waals surface area contributed by atoms with Crippen LogP contribution < -0.4 is 4.74 Å². The molecule has 1 heterocycles. The fourth-order valence-electron chi connectivity index (χ4n) is 2.95. The van der Waals surface area contributed by atoms with Gasteiger partial charge in [-0.15, -0.1) is 0 Å². The van der Waals surface area contributed by atoms with Crippen molar-refractivity contribution in [1.82, 2.24) is 0 Å². The van der Waals surface area contributed by atoms with Crippen LogP contribution in [0.5, 0.6) is 5.75 Å². The molecule has 0 spiro atoms. The molecule has 33 heavy (non-hydrogen) atoms. The maximum Gasteiger partial charge on any atom is 0.338 e. The average Bonchev–Trinajstić information content (AvgIpc) is 2.78. The molecule has 0 bridgehead atoms. The van der Waals surface area contributed by atoms with Gasteiger partial charge in [-0.2, -0.15) is 0 Å². The molecule has 0 N–H and O–H groups in total. The van der Waals surface area contributed by atoms with Crippen molar-refractivity contribution in [3.63, 3.8) is 0 Å². The van der Waals surface area contributed by atoms with Gasteiger partial charge in [0.1, 0.15) is 19.0 Å². The van der Waals surface area contributed by atoms with E-state index in [0.29, 0.717) is 35.7 Å². The van der Waals surface area contributed by atoms with Crippen LogP contribution in [0.4, 0.5) is 0 Å². The molecule has 0 saturated carbocycles. The maximum atomic E-state index is 12.5. The number of carbonyl (C=O) groups excluding carboxylic acids is 3. The van der Waals surface area contributed by atoms with Crippen molar-refractivity contribution >= 4 is 17.9 Å². The Balaban J connectivity index is 1.56. The zero-order valence-electron chi connectivity index (χ0n) is 18.7. The minimum Gasteiger partial charge on any atom is -0.461 e. The third kappa shape index (κ3) is 6.17. The van der Waals surface area contributed by atoms with Crippen LogP contribution in [0.25, 0.3) is 11.1 Å². The van der Waals surface area contributed by atoms with Gasteiger partial charge < -0.3 is 18.9 Å². The van der Waals surface area contributed by atoms with E-state index in [4.69, 9.17) is 18.9 Å². The van der Waals surface area contributed by atoms with Gasteiger partial charge in [0.05, 0.1) is 24.2 Å². The number of hydrogen-bond donors (Lipinski definition) is 0. The number of benzene rings is 2. The lowest BCUT2D eigenvalue weighted by atomic mass is 9.88. The smallest absolute Gasteiger partial charge is 0.338 e. The zero-order valence-corrected chi connectivity index (χ0v) is 18.7. The van der Waals surface area contributed by atoms with E-state index in [2.05, 4.69) is 13.2 Å². The van der Waals surface area contributed by atoms with Gasteiger partial charge in [-0.1, -0.05) is 37.4 Å². The van der Waals surface area contributed by atoms with Crippen LogP contribution in [0.2, 0.25) is 0 Å². The number of hydrogen-bond acceptors (Lipinski definition) is 7. The zero-order chi connectivity index (χ0) is 24.0. The molecule has 172 valence electrons. The molecule has 3 rings (SSSR count). The molecule has 0 unspecified atom stereocenters. The molecule has 0 radical (unpaired) electrons. The summed E-state index contributed by atoms with van der Waals surface area (Å²) in [5, 5.41) is 0. The summed E-state index contributed by atoms with van der Waals surface area (Å²) in [6.45, 7) is 11.1. The lowest BCUT2D eigenvalue weighted by Crippen LogP contribution is -2.50. The Morgan fingerprint density at radius 3 is 1.82 bits per heavy atom. The molecular weight excluding hydrogens is 424 g/mol. The normalized spacial score (nSPS) is 13.9. The summed E-state index contributed by atoms with van der Waals surface area (Å²) < 4.78 is 21.1. The molecule has 7 heteroatoms. The quantitative estimate of drug-likeness (QED) is 0.322. The highest BCUT2D eigenvalue weighted by Gasteiger charge is 2.41. The third-order valence-electron chi connectivity index (χ3n) is 5.05. The molecule has 0 aliphatic carbocycles. The number of esters is 3. The van der Waals surface area contributed by atoms with Crippen LogP contribution in [0.3, 0.4) is 0 Å². The van der Waals surface area contributed by atoms with E-state index in [1.54, 1.807) is 38.1 Å². The SMILES string of the molecule is C=C(C)C(=O)OCC1(COC(=O)c2ccc(-c3ccc(OC(=O)C(=C)C)cc3)cc2)COC1. The molecule has 1 aliphatic heterocycles. The predicted octanol–water partition coefficient (Wildman–Crippen LogP) is 4.13. The summed E-state index contributed by atoms with van der Waals surface area (Å²) in [7, 11) is 0. The highest BCUT2D eigenvalue weighted by Crippen LogP contribution is 2.29. The summed E-state index contributed by atoms with van der Waals surface area (Å²) in [5.41, 5.74) is 2.29. The lowest BCUT2D eigenvalue weighted by molar-refractivity contribution is -0.177. The van der Waals surface area contributed by atoms with Gasteiger partial charge in [0.25, 0.3) is 0 Å². The Kier molecular flexibility index (Phi) is 7.45. The minimum absolute atomic E-state index is 0.0847. The lowest BCUT2D eigenvalue weighted by Gasteiger charge is -2.39. The Hall–Kier alpha value is -3.71. The number of ether oxygens (including phenoxy) is 4. The van der Waals surface area contributed by atoms with Gasteiger partial charge in [-0.05, 0) is 49.2 Å². The van der Waals surface area contributed by atoms with Crippen molar-refractivity contribution in [3.8, 4) is 16.9 Å². The van der Waals surface area contributed by atoms with E-state index < -0.39 is 23.3 Å². The van der Waals surface area contributed by atoms with Gasteiger partial charge in [-0.3, -0.25) is 0 Å². The Morgan fingerprint density at radius 2 is 1.33 bits per heavy atom. The maximum absolute atomic E-state index is 12.5. The van der Waals surface area contributed by atoms with Gasteiger partial charge in [-0.25, -0.2) is 14.4 Å². The van der Waals surface area contributed by atoms with E-state index in [1.807, 2.05) is 24.3 Å². The third-order valence-corrected chi connectivity index (χ3v) is 5.05. The van der Waals surface area contributed by atoms with E-state index >= 15 is 0 Å². The first-order chi connectivity index (χ1) is 15.7. The van der Waals surface area contributed by atoms with E-state index in [9.17, 15) is 14.4 Å². The molecule has 0 amide bonds. The Labute approximate surface area is 192 Å². The van der Waals surface area contributed by atoms with Crippen molar-refractivity contribution in [3.05, 3.63) is 78.4 Å². The topological polar surface area (TPSA) is 88.1 Å². The van der Waals surface area contributed by atoms with Gasteiger partial charge in [0, 0.05) is 11.1 Å². The van der Waals surface area contributed by atoms with Gasteiger partial charge >= 0.3 is 17.9 Å². The second-order valence-electron chi connectivity index (χ2n) is 8.20. The molecule has 0 atom stereocenters. The minimum atomic E-state index is -0.532. The van der Waals surface area contributed by atoms with E-state index in [0.717, 1.165) is 11.1 Å². The molecule has 1 fully saturated rings. The second-order valence-corrected chi connectivity index (χ2v) is 8.20. The predicted molar refractivity (Wildman–Crippen MR) is 122 cm³/mol. The van der Waals surface area contributed by atoms with Crippen molar-refractivity contribution < 1.29 is 33.3 Å². The average molecular weight is 450 g/mol. The van der Waals surface area contributed by atoms with Crippen LogP contribution in [-0.2, 0) is 23.8 Å². The summed E-state index contributed by atoms with van der Waals surface area (Å²) >= 11 is 0. The van der Waals surface area contributed by atoms with E-state index in [-0.39, 0.29) is 13.2 Å². The first kappa shape index (κ1) is 23.9. The Morgan fingerprint density at radius 1 is 0.818 bits per heavy atom. The summed E-state index contributed by atoms with van der Waals surface area (Å²) in [6.07, 6.45) is 0. The van der Waals surface area contributed by atoms with Crippen molar-refractivity contribution in [2.75, 3.05) is 26.4 Å². The van der Waals surface area contributed by atoms with Crippen molar-refractivity contribution in [2.45, 2.75) is 13.8 Å². The molecule has 7 nitrogen and oxygen atoms in total. The second kappa shape index (κ2) is 10.3. The molecule has 1 aliphatic rings. The van der Waals surface area contributed by atoms with Crippen LogP contribution in [0.1, 0.15) is 24.2 Å².